The van der Waals surface area contributed by atoms with Crippen LogP contribution in [0.5, 0.6) is 0 Å². The molecule has 6 nitrogen and oxygen atoms in total. The minimum absolute atomic E-state index is 0.367. The van der Waals surface area contributed by atoms with Crippen LogP contribution in [0.15, 0.2) is 36.5 Å². The largest absolute Gasteiger partial charge is 0.367 e. The van der Waals surface area contributed by atoms with Crippen LogP contribution in [0.4, 0.5) is 5.69 Å². The molecule has 2 aromatic heterocycles. The van der Waals surface area contributed by atoms with Crippen LogP contribution in [0.3, 0.4) is 0 Å². The standard InChI is InChI=1S/C24H32N6/c1-27-13-15-30(16-14-27)21-11-5-9-19-24(21)29(3)22(26-19)17-28(2)20-10-4-7-18-8-6-12-25-23(18)20/h5-6,8-9,11-12,20H,4,7,10,13-17H2,1-3H3. The van der Waals surface area contributed by atoms with Crippen molar-refractivity contribution in [2.75, 3.05) is 45.2 Å². The minimum Gasteiger partial charge on any atom is -0.367 e. The van der Waals surface area contributed by atoms with Gasteiger partial charge in [0.05, 0.1) is 35.0 Å². The number of likely N-dealkylation sites (N-methyl/N-ethyl adjacent to an activating group) is 1. The number of para-hydroxylation sites is 1. The number of anilines is 1. The fraction of sp³-hybridized carbons (Fsp3) is 0.500. The van der Waals surface area contributed by atoms with Crippen molar-refractivity contribution in [3.8, 4) is 0 Å². The van der Waals surface area contributed by atoms with Gasteiger partial charge in [0.1, 0.15) is 5.82 Å². The van der Waals surface area contributed by atoms with Gasteiger partial charge in [0, 0.05) is 39.4 Å². The lowest BCUT2D eigenvalue weighted by atomic mass is 9.91. The topological polar surface area (TPSA) is 40.4 Å². The van der Waals surface area contributed by atoms with E-state index in [0.717, 1.165) is 56.9 Å². The second-order valence-corrected chi connectivity index (χ2v) is 8.89. The predicted molar refractivity (Wildman–Crippen MR) is 122 cm³/mol. The van der Waals surface area contributed by atoms with E-state index in [9.17, 15) is 0 Å². The van der Waals surface area contributed by atoms with E-state index in [4.69, 9.17) is 9.97 Å². The number of imidazole rings is 1. The third-order valence-electron chi connectivity index (χ3n) is 6.90. The summed E-state index contributed by atoms with van der Waals surface area (Å²) in [6, 6.07) is 11.2. The van der Waals surface area contributed by atoms with Crippen molar-refractivity contribution in [1.29, 1.82) is 0 Å². The maximum Gasteiger partial charge on any atom is 0.123 e. The van der Waals surface area contributed by atoms with Gasteiger partial charge in [-0.2, -0.15) is 0 Å². The average molecular weight is 405 g/mol. The molecule has 3 aromatic rings. The lowest BCUT2D eigenvalue weighted by molar-refractivity contribution is 0.202. The molecule has 0 spiro atoms. The normalized spacial score (nSPS) is 20.1. The number of hydrogen-bond acceptors (Lipinski definition) is 5. The minimum atomic E-state index is 0.367. The van der Waals surface area contributed by atoms with Gasteiger partial charge in [-0.25, -0.2) is 4.98 Å². The fourth-order valence-electron chi connectivity index (χ4n) is 5.09. The smallest absolute Gasteiger partial charge is 0.123 e. The Balaban J connectivity index is 1.43. The van der Waals surface area contributed by atoms with E-state index in [1.165, 1.54) is 28.9 Å². The summed E-state index contributed by atoms with van der Waals surface area (Å²) < 4.78 is 2.31. The number of aryl methyl sites for hydroxylation is 2. The average Bonchev–Trinajstić information content (AvgIpc) is 3.09. The Morgan fingerprint density at radius 1 is 1.07 bits per heavy atom. The zero-order chi connectivity index (χ0) is 20.7. The number of fused-ring (bicyclic) bond motifs is 2. The van der Waals surface area contributed by atoms with Crippen molar-refractivity contribution in [1.82, 2.24) is 24.3 Å². The number of piperazine rings is 1. The Morgan fingerprint density at radius 3 is 2.73 bits per heavy atom. The highest BCUT2D eigenvalue weighted by Crippen LogP contribution is 2.34. The summed E-state index contributed by atoms with van der Waals surface area (Å²) >= 11 is 0. The molecule has 1 fully saturated rings. The van der Waals surface area contributed by atoms with Crippen LogP contribution in [0.1, 0.15) is 36.0 Å². The molecule has 3 heterocycles. The molecule has 30 heavy (non-hydrogen) atoms. The molecule has 1 unspecified atom stereocenters. The molecule has 1 aliphatic heterocycles. The van der Waals surface area contributed by atoms with Crippen LogP contribution in [0, 0.1) is 0 Å². The van der Waals surface area contributed by atoms with Crippen LogP contribution in [0.2, 0.25) is 0 Å². The molecule has 2 aliphatic rings. The highest BCUT2D eigenvalue weighted by atomic mass is 15.3. The van der Waals surface area contributed by atoms with E-state index in [-0.39, 0.29) is 0 Å². The van der Waals surface area contributed by atoms with Crippen molar-refractivity contribution in [2.45, 2.75) is 31.8 Å². The molecular weight excluding hydrogens is 372 g/mol. The van der Waals surface area contributed by atoms with Gasteiger partial charge >= 0.3 is 0 Å². The van der Waals surface area contributed by atoms with Crippen LogP contribution in [-0.2, 0) is 20.0 Å². The van der Waals surface area contributed by atoms with Gasteiger partial charge in [0.15, 0.2) is 0 Å². The zero-order valence-electron chi connectivity index (χ0n) is 18.4. The highest BCUT2D eigenvalue weighted by molar-refractivity contribution is 5.89. The molecular formula is C24H32N6. The van der Waals surface area contributed by atoms with Crippen molar-refractivity contribution in [3.05, 3.63) is 53.6 Å². The zero-order valence-corrected chi connectivity index (χ0v) is 18.4. The number of pyridine rings is 1. The first-order chi connectivity index (χ1) is 14.6. The first-order valence-electron chi connectivity index (χ1n) is 11.1. The van der Waals surface area contributed by atoms with E-state index in [1.54, 1.807) is 0 Å². The van der Waals surface area contributed by atoms with Crippen LogP contribution >= 0.6 is 0 Å². The number of hydrogen-bond donors (Lipinski definition) is 0. The first kappa shape index (κ1) is 19.5. The molecule has 1 atom stereocenters. The van der Waals surface area contributed by atoms with Crippen LogP contribution < -0.4 is 4.90 Å². The maximum atomic E-state index is 5.04. The van der Waals surface area contributed by atoms with Crippen molar-refractivity contribution in [3.63, 3.8) is 0 Å². The Labute approximate surface area is 179 Å². The quantitative estimate of drug-likeness (QED) is 0.668. The van der Waals surface area contributed by atoms with Gasteiger partial charge in [-0.1, -0.05) is 12.1 Å². The van der Waals surface area contributed by atoms with Gasteiger partial charge in [-0.15, -0.1) is 0 Å². The summed E-state index contributed by atoms with van der Waals surface area (Å²) in [4.78, 5) is 17.1. The van der Waals surface area contributed by atoms with E-state index in [2.05, 4.69) is 70.7 Å². The van der Waals surface area contributed by atoms with Crippen LogP contribution in [-0.4, -0.2) is 64.6 Å². The highest BCUT2D eigenvalue weighted by Gasteiger charge is 2.26. The fourth-order valence-corrected chi connectivity index (χ4v) is 5.09. The predicted octanol–water partition coefficient (Wildman–Crippen LogP) is 3.23. The SMILES string of the molecule is CN1CCN(c2cccc3nc(CN(C)C4CCCc5cccnc54)n(C)c23)CC1. The molecule has 0 radical (unpaired) electrons. The van der Waals surface area contributed by atoms with Gasteiger partial charge in [0.2, 0.25) is 0 Å². The van der Waals surface area contributed by atoms with Gasteiger partial charge in [-0.3, -0.25) is 9.88 Å². The maximum absolute atomic E-state index is 5.04. The monoisotopic (exact) mass is 404 g/mol. The van der Waals surface area contributed by atoms with Gasteiger partial charge in [-0.05, 0) is 57.1 Å². The third kappa shape index (κ3) is 3.48. The summed E-state index contributed by atoms with van der Waals surface area (Å²) in [5.41, 5.74) is 6.33. The van der Waals surface area contributed by atoms with Crippen molar-refractivity contribution < 1.29 is 0 Å². The summed E-state index contributed by atoms with van der Waals surface area (Å²) in [7, 11) is 6.59. The Kier molecular flexibility index (Phi) is 5.21. The number of benzene rings is 1. The van der Waals surface area contributed by atoms with E-state index in [1.807, 2.05) is 6.20 Å². The second kappa shape index (κ2) is 8.00. The third-order valence-corrected chi connectivity index (χ3v) is 6.90. The van der Waals surface area contributed by atoms with E-state index >= 15 is 0 Å². The van der Waals surface area contributed by atoms with Crippen LogP contribution in [0.25, 0.3) is 11.0 Å². The first-order valence-corrected chi connectivity index (χ1v) is 11.1. The van der Waals surface area contributed by atoms with Crippen molar-refractivity contribution in [2.24, 2.45) is 7.05 Å². The van der Waals surface area contributed by atoms with E-state index < -0.39 is 0 Å². The molecule has 0 N–H and O–H groups in total. The summed E-state index contributed by atoms with van der Waals surface area (Å²) in [5.74, 6) is 1.12. The molecule has 1 aromatic carbocycles. The lowest BCUT2D eigenvalue weighted by Crippen LogP contribution is -2.44. The molecule has 1 saturated heterocycles. The lowest BCUT2D eigenvalue weighted by Gasteiger charge is -2.34. The Morgan fingerprint density at radius 2 is 1.90 bits per heavy atom. The Bertz CT molecular complexity index is 1030. The summed E-state index contributed by atoms with van der Waals surface area (Å²) in [6.45, 7) is 5.19. The Hall–Kier alpha value is -2.44. The molecule has 0 saturated carbocycles. The van der Waals surface area contributed by atoms with Gasteiger partial charge in [0.25, 0.3) is 0 Å². The summed E-state index contributed by atoms with van der Waals surface area (Å²) in [6.07, 6.45) is 5.47. The molecule has 0 bridgehead atoms. The number of rotatable bonds is 4. The molecule has 5 rings (SSSR count). The number of aromatic nitrogens is 3. The van der Waals surface area contributed by atoms with Crippen molar-refractivity contribution >= 4 is 16.7 Å². The molecule has 0 amide bonds. The molecule has 1 aliphatic carbocycles. The molecule has 6 heteroatoms. The van der Waals surface area contributed by atoms with E-state index in [0.29, 0.717) is 6.04 Å². The van der Waals surface area contributed by atoms with Gasteiger partial charge < -0.3 is 14.4 Å². The summed E-state index contributed by atoms with van der Waals surface area (Å²) in [5, 5.41) is 0. The number of nitrogens with zero attached hydrogens (tertiary/aromatic N) is 6. The molecule has 158 valence electrons. The second-order valence-electron chi connectivity index (χ2n) is 8.89.